The predicted molar refractivity (Wildman–Crippen MR) is 57.1 cm³/mol. The number of nitrogens with one attached hydrogen (secondary N) is 2. The molecule has 1 unspecified atom stereocenters. The van der Waals surface area contributed by atoms with Gasteiger partial charge in [0.05, 0.1) is 13.2 Å². The lowest BCUT2D eigenvalue weighted by molar-refractivity contribution is -0.120. The Morgan fingerprint density at radius 3 is 2.93 bits per heavy atom. The average Bonchev–Trinajstić information content (AvgIpc) is 2.16. The minimum atomic E-state index is 0.00908. The quantitative estimate of drug-likeness (QED) is 0.433. The van der Waals surface area contributed by atoms with Crippen molar-refractivity contribution in [1.82, 2.24) is 10.6 Å². The molecule has 0 aromatic carbocycles. The monoisotopic (exact) mass is 200 g/mol. The fraction of sp³-hybridized carbons (Fsp3) is 0.700. The summed E-state index contributed by atoms with van der Waals surface area (Å²) in [6, 6.07) is 0. The maximum atomic E-state index is 11.2. The SMILES string of the molecule is C=CCNCC(=O)NCC(C)COC. The number of amides is 1. The van der Waals surface area contributed by atoms with Gasteiger partial charge in [-0.25, -0.2) is 0 Å². The predicted octanol–water partition coefficient (Wildman–Crippen LogP) is 0.161. The molecule has 0 aliphatic rings. The van der Waals surface area contributed by atoms with Crippen LogP contribution in [0.1, 0.15) is 6.92 Å². The average molecular weight is 200 g/mol. The Balaban J connectivity index is 3.38. The van der Waals surface area contributed by atoms with E-state index in [1.54, 1.807) is 13.2 Å². The molecule has 4 nitrogen and oxygen atoms in total. The van der Waals surface area contributed by atoms with Gasteiger partial charge in [0.2, 0.25) is 5.91 Å². The van der Waals surface area contributed by atoms with Crippen molar-refractivity contribution in [2.45, 2.75) is 6.92 Å². The molecule has 0 saturated carbocycles. The third kappa shape index (κ3) is 7.76. The maximum absolute atomic E-state index is 11.2. The van der Waals surface area contributed by atoms with E-state index in [-0.39, 0.29) is 5.91 Å². The Labute approximate surface area is 85.7 Å². The number of carbonyl (C=O) groups is 1. The van der Waals surface area contributed by atoms with E-state index in [0.29, 0.717) is 32.2 Å². The second-order valence-corrected chi connectivity index (χ2v) is 3.28. The molecule has 0 aliphatic carbocycles. The van der Waals surface area contributed by atoms with E-state index < -0.39 is 0 Å². The van der Waals surface area contributed by atoms with Gasteiger partial charge in [-0.05, 0) is 5.92 Å². The third-order valence-corrected chi connectivity index (χ3v) is 1.67. The van der Waals surface area contributed by atoms with Crippen molar-refractivity contribution in [2.24, 2.45) is 5.92 Å². The molecule has 4 heteroatoms. The van der Waals surface area contributed by atoms with E-state index in [2.05, 4.69) is 17.2 Å². The normalized spacial score (nSPS) is 12.1. The van der Waals surface area contributed by atoms with E-state index in [1.165, 1.54) is 0 Å². The summed E-state index contributed by atoms with van der Waals surface area (Å²) < 4.78 is 4.95. The van der Waals surface area contributed by atoms with E-state index in [9.17, 15) is 4.79 Å². The number of carbonyl (C=O) groups excluding carboxylic acids is 1. The molecule has 0 saturated heterocycles. The van der Waals surface area contributed by atoms with E-state index in [4.69, 9.17) is 4.74 Å². The lowest BCUT2D eigenvalue weighted by Gasteiger charge is -2.11. The zero-order valence-corrected chi connectivity index (χ0v) is 9.01. The highest BCUT2D eigenvalue weighted by molar-refractivity contribution is 5.77. The molecule has 0 aliphatic heterocycles. The number of hydrogen-bond donors (Lipinski definition) is 2. The first-order chi connectivity index (χ1) is 6.70. The minimum absolute atomic E-state index is 0.00908. The highest BCUT2D eigenvalue weighted by Crippen LogP contribution is 1.91. The molecule has 0 spiro atoms. The molecule has 0 fully saturated rings. The molecule has 0 radical (unpaired) electrons. The van der Waals surface area contributed by atoms with Crippen LogP contribution in [0, 0.1) is 5.92 Å². The molecule has 2 N–H and O–H groups in total. The number of rotatable bonds is 8. The summed E-state index contributed by atoms with van der Waals surface area (Å²) in [5.41, 5.74) is 0. The fourth-order valence-electron chi connectivity index (χ4n) is 0.982. The van der Waals surface area contributed by atoms with Crippen LogP contribution in [0.4, 0.5) is 0 Å². The lowest BCUT2D eigenvalue weighted by atomic mass is 10.2. The lowest BCUT2D eigenvalue weighted by Crippen LogP contribution is -2.36. The molecule has 0 aromatic heterocycles. The number of methoxy groups -OCH3 is 1. The van der Waals surface area contributed by atoms with Crippen LogP contribution < -0.4 is 10.6 Å². The van der Waals surface area contributed by atoms with Gasteiger partial charge in [-0.15, -0.1) is 6.58 Å². The smallest absolute Gasteiger partial charge is 0.233 e. The van der Waals surface area contributed by atoms with Crippen molar-refractivity contribution in [3.8, 4) is 0 Å². The number of hydrogen-bond acceptors (Lipinski definition) is 3. The van der Waals surface area contributed by atoms with Gasteiger partial charge in [0.25, 0.3) is 0 Å². The first kappa shape index (κ1) is 13.1. The van der Waals surface area contributed by atoms with Crippen molar-refractivity contribution in [3.63, 3.8) is 0 Å². The Bertz CT molecular complexity index is 172. The molecule has 0 bridgehead atoms. The van der Waals surface area contributed by atoms with Gasteiger partial charge >= 0.3 is 0 Å². The molecular weight excluding hydrogens is 180 g/mol. The Hall–Kier alpha value is -0.870. The van der Waals surface area contributed by atoms with Crippen molar-refractivity contribution < 1.29 is 9.53 Å². The summed E-state index contributed by atoms with van der Waals surface area (Å²) >= 11 is 0. The first-order valence-electron chi connectivity index (χ1n) is 4.78. The van der Waals surface area contributed by atoms with Gasteiger partial charge in [0.1, 0.15) is 0 Å². The topological polar surface area (TPSA) is 50.4 Å². The maximum Gasteiger partial charge on any atom is 0.233 e. The summed E-state index contributed by atoms with van der Waals surface area (Å²) in [7, 11) is 1.66. The fourth-order valence-corrected chi connectivity index (χ4v) is 0.982. The van der Waals surface area contributed by atoms with E-state index in [1.807, 2.05) is 6.92 Å². The van der Waals surface area contributed by atoms with E-state index in [0.717, 1.165) is 0 Å². The Kier molecular flexibility index (Phi) is 8.17. The standard InChI is InChI=1S/C10H20N2O2/c1-4-5-11-7-10(13)12-6-9(2)8-14-3/h4,9,11H,1,5-8H2,2-3H3,(H,12,13). The summed E-state index contributed by atoms with van der Waals surface area (Å²) in [4.78, 5) is 11.2. The molecule has 1 amide bonds. The van der Waals surface area contributed by atoms with Crippen LogP contribution in [0.25, 0.3) is 0 Å². The molecule has 14 heavy (non-hydrogen) atoms. The second kappa shape index (κ2) is 8.72. The second-order valence-electron chi connectivity index (χ2n) is 3.28. The van der Waals surface area contributed by atoms with Crippen LogP contribution in [0.2, 0.25) is 0 Å². The summed E-state index contributed by atoms with van der Waals surface area (Å²) in [5.74, 6) is 0.359. The van der Waals surface area contributed by atoms with Crippen LogP contribution in [0.3, 0.4) is 0 Å². The van der Waals surface area contributed by atoms with Gasteiger partial charge < -0.3 is 15.4 Å². The first-order valence-corrected chi connectivity index (χ1v) is 4.78. The summed E-state index contributed by atoms with van der Waals surface area (Å²) in [5, 5.41) is 5.74. The Morgan fingerprint density at radius 2 is 2.36 bits per heavy atom. The molecule has 0 aromatic rings. The summed E-state index contributed by atoms with van der Waals surface area (Å²) in [6.07, 6.45) is 1.72. The highest BCUT2D eigenvalue weighted by Gasteiger charge is 2.03. The Morgan fingerprint density at radius 1 is 1.64 bits per heavy atom. The van der Waals surface area contributed by atoms with Gasteiger partial charge in [-0.1, -0.05) is 13.0 Å². The van der Waals surface area contributed by atoms with Gasteiger partial charge in [0, 0.05) is 20.2 Å². The number of ether oxygens (including phenoxy) is 1. The summed E-state index contributed by atoms with van der Waals surface area (Å²) in [6.45, 7) is 7.89. The van der Waals surface area contributed by atoms with E-state index >= 15 is 0 Å². The van der Waals surface area contributed by atoms with Crippen molar-refractivity contribution in [1.29, 1.82) is 0 Å². The van der Waals surface area contributed by atoms with Gasteiger partial charge in [0.15, 0.2) is 0 Å². The van der Waals surface area contributed by atoms with Crippen LogP contribution >= 0.6 is 0 Å². The molecule has 0 rings (SSSR count). The molecule has 0 heterocycles. The molecular formula is C10H20N2O2. The largest absolute Gasteiger partial charge is 0.384 e. The van der Waals surface area contributed by atoms with Crippen LogP contribution in [-0.4, -0.2) is 39.3 Å². The van der Waals surface area contributed by atoms with Crippen LogP contribution in [-0.2, 0) is 9.53 Å². The zero-order chi connectivity index (χ0) is 10.8. The zero-order valence-electron chi connectivity index (χ0n) is 9.01. The minimum Gasteiger partial charge on any atom is -0.384 e. The van der Waals surface area contributed by atoms with Gasteiger partial charge in [-0.2, -0.15) is 0 Å². The molecule has 1 atom stereocenters. The van der Waals surface area contributed by atoms with Crippen LogP contribution in [0.5, 0.6) is 0 Å². The van der Waals surface area contributed by atoms with Crippen molar-refractivity contribution in [3.05, 3.63) is 12.7 Å². The van der Waals surface area contributed by atoms with Crippen LogP contribution in [0.15, 0.2) is 12.7 Å². The molecule has 82 valence electrons. The van der Waals surface area contributed by atoms with Crippen molar-refractivity contribution in [2.75, 3.05) is 33.4 Å². The van der Waals surface area contributed by atoms with Gasteiger partial charge in [-0.3, -0.25) is 4.79 Å². The van der Waals surface area contributed by atoms with Crippen molar-refractivity contribution >= 4 is 5.91 Å². The third-order valence-electron chi connectivity index (χ3n) is 1.67. The highest BCUT2D eigenvalue weighted by atomic mass is 16.5.